The summed E-state index contributed by atoms with van der Waals surface area (Å²) < 4.78 is 13.1. The summed E-state index contributed by atoms with van der Waals surface area (Å²) in [6, 6.07) is 0.129. The van der Waals surface area contributed by atoms with Crippen LogP contribution >= 0.6 is 0 Å². The molecule has 0 aliphatic carbocycles. The minimum atomic E-state index is -0.637. The molecule has 2 saturated heterocycles. The lowest BCUT2D eigenvalue weighted by atomic mass is 9.96. The van der Waals surface area contributed by atoms with Crippen molar-refractivity contribution in [2.24, 2.45) is 0 Å². The zero-order valence-corrected chi connectivity index (χ0v) is 12.9. The van der Waals surface area contributed by atoms with E-state index in [9.17, 15) is 4.79 Å². The molecule has 0 bridgehead atoms. The van der Waals surface area contributed by atoms with Crippen LogP contribution in [0.15, 0.2) is 12.5 Å². The van der Waals surface area contributed by atoms with Crippen LogP contribution in [0, 0.1) is 6.92 Å². The number of carbonyl (C=O) groups excluding carboxylic acids is 1. The molecule has 0 unspecified atom stereocenters. The van der Waals surface area contributed by atoms with E-state index in [0.717, 1.165) is 12.1 Å². The Labute approximate surface area is 125 Å². The normalized spacial score (nSPS) is 26.5. The van der Waals surface area contributed by atoms with Crippen LogP contribution in [0.2, 0.25) is 0 Å². The van der Waals surface area contributed by atoms with E-state index in [1.165, 1.54) is 0 Å². The van der Waals surface area contributed by atoms with E-state index in [2.05, 4.69) is 4.98 Å². The highest BCUT2D eigenvalue weighted by molar-refractivity contribution is 5.84. The van der Waals surface area contributed by atoms with Crippen LogP contribution in [0.5, 0.6) is 0 Å². The van der Waals surface area contributed by atoms with Crippen molar-refractivity contribution >= 4 is 5.91 Å². The fraction of sp³-hybridized carbons (Fsp3) is 0.733. The van der Waals surface area contributed by atoms with Crippen LogP contribution < -0.4 is 0 Å². The number of carbonyl (C=O) groups is 1. The van der Waals surface area contributed by atoms with E-state index in [4.69, 9.17) is 9.47 Å². The molecule has 6 heteroatoms. The van der Waals surface area contributed by atoms with Gasteiger partial charge in [-0.15, -0.1) is 0 Å². The Morgan fingerprint density at radius 1 is 1.43 bits per heavy atom. The number of nitrogens with zero attached hydrogens (tertiary/aromatic N) is 3. The molecule has 0 saturated carbocycles. The first kappa shape index (κ1) is 14.5. The van der Waals surface area contributed by atoms with Crippen molar-refractivity contribution in [2.75, 3.05) is 26.4 Å². The number of hydrogen-bond acceptors (Lipinski definition) is 4. The Kier molecular flexibility index (Phi) is 3.75. The Hall–Kier alpha value is -1.40. The summed E-state index contributed by atoms with van der Waals surface area (Å²) in [6.45, 7) is 8.32. The predicted molar refractivity (Wildman–Crippen MR) is 77.0 cm³/mol. The molecule has 2 aliphatic heterocycles. The van der Waals surface area contributed by atoms with Crippen LogP contribution in [-0.2, 0) is 19.8 Å². The molecule has 0 spiro atoms. The summed E-state index contributed by atoms with van der Waals surface area (Å²) in [5.41, 5.74) is 0.281. The lowest BCUT2D eigenvalue weighted by Crippen LogP contribution is -2.61. The number of rotatable bonds is 2. The molecule has 3 heterocycles. The minimum Gasteiger partial charge on any atom is -0.379 e. The quantitative estimate of drug-likeness (QED) is 0.814. The summed E-state index contributed by atoms with van der Waals surface area (Å²) in [5, 5.41) is 0. The highest BCUT2D eigenvalue weighted by Gasteiger charge is 2.42. The van der Waals surface area contributed by atoms with Crippen molar-refractivity contribution in [3.8, 4) is 0 Å². The average molecular weight is 293 g/mol. The van der Waals surface area contributed by atoms with Crippen molar-refractivity contribution in [1.29, 1.82) is 0 Å². The molecule has 0 radical (unpaired) electrons. The van der Waals surface area contributed by atoms with Crippen LogP contribution in [0.3, 0.4) is 0 Å². The highest BCUT2D eigenvalue weighted by atomic mass is 16.5. The van der Waals surface area contributed by atoms with Crippen molar-refractivity contribution in [3.05, 3.63) is 18.2 Å². The molecule has 1 aromatic heterocycles. The van der Waals surface area contributed by atoms with E-state index in [1.54, 1.807) is 6.33 Å². The van der Waals surface area contributed by atoms with E-state index in [-0.39, 0.29) is 18.1 Å². The van der Waals surface area contributed by atoms with Gasteiger partial charge in [-0.1, -0.05) is 0 Å². The van der Waals surface area contributed by atoms with Gasteiger partial charge in [-0.2, -0.15) is 0 Å². The van der Waals surface area contributed by atoms with E-state index in [1.807, 2.05) is 36.4 Å². The van der Waals surface area contributed by atoms with Gasteiger partial charge in [0, 0.05) is 19.3 Å². The lowest BCUT2D eigenvalue weighted by molar-refractivity contribution is -0.168. The minimum absolute atomic E-state index is 0.0109. The van der Waals surface area contributed by atoms with Gasteiger partial charge in [-0.05, 0) is 27.2 Å². The zero-order valence-electron chi connectivity index (χ0n) is 12.9. The fourth-order valence-corrected chi connectivity index (χ4v) is 3.13. The SMILES string of the molecule is Cc1cn(C(C)(C)C(=O)N2CCO[C@H]3COCC[C@H]32)cn1. The van der Waals surface area contributed by atoms with E-state index in [0.29, 0.717) is 26.4 Å². The number of ether oxygens (including phenoxy) is 2. The third kappa shape index (κ3) is 2.58. The monoisotopic (exact) mass is 293 g/mol. The molecule has 116 valence electrons. The number of amides is 1. The predicted octanol–water partition coefficient (Wildman–Crippen LogP) is 0.943. The molecule has 2 fully saturated rings. The first-order chi connectivity index (χ1) is 10.00. The zero-order chi connectivity index (χ0) is 15.0. The topological polar surface area (TPSA) is 56.6 Å². The molecule has 21 heavy (non-hydrogen) atoms. The molecular weight excluding hydrogens is 270 g/mol. The average Bonchev–Trinajstić information content (AvgIpc) is 2.93. The molecule has 0 N–H and O–H groups in total. The Balaban J connectivity index is 1.82. The summed E-state index contributed by atoms with van der Waals surface area (Å²) >= 11 is 0. The van der Waals surface area contributed by atoms with Crippen LogP contribution in [-0.4, -0.2) is 58.9 Å². The Bertz CT molecular complexity index is 524. The lowest BCUT2D eigenvalue weighted by Gasteiger charge is -2.46. The Morgan fingerprint density at radius 2 is 2.24 bits per heavy atom. The van der Waals surface area contributed by atoms with Gasteiger partial charge in [0.2, 0.25) is 5.91 Å². The van der Waals surface area contributed by atoms with Crippen molar-refractivity contribution in [3.63, 3.8) is 0 Å². The number of imidazole rings is 1. The van der Waals surface area contributed by atoms with Gasteiger partial charge in [-0.3, -0.25) is 4.79 Å². The largest absolute Gasteiger partial charge is 0.379 e. The third-order valence-electron chi connectivity index (χ3n) is 4.48. The van der Waals surface area contributed by atoms with Crippen LogP contribution in [0.1, 0.15) is 26.0 Å². The molecule has 1 aromatic rings. The van der Waals surface area contributed by atoms with Crippen LogP contribution in [0.25, 0.3) is 0 Å². The first-order valence-corrected chi connectivity index (χ1v) is 7.51. The standard InChI is InChI=1S/C15H23N3O3/c1-11-8-17(10-16-11)15(2,3)14(19)18-5-7-21-13-9-20-6-4-12(13)18/h8,10,12-13H,4-7,9H2,1-3H3/t12-,13+/m1/s1. The maximum Gasteiger partial charge on any atom is 0.248 e. The molecule has 1 amide bonds. The van der Waals surface area contributed by atoms with Gasteiger partial charge < -0.3 is 18.9 Å². The molecule has 0 aromatic carbocycles. The number of aromatic nitrogens is 2. The van der Waals surface area contributed by atoms with E-state index >= 15 is 0 Å². The van der Waals surface area contributed by atoms with E-state index < -0.39 is 5.54 Å². The molecule has 2 aliphatic rings. The van der Waals surface area contributed by atoms with Crippen molar-refractivity contribution < 1.29 is 14.3 Å². The van der Waals surface area contributed by atoms with Crippen LogP contribution in [0.4, 0.5) is 0 Å². The smallest absolute Gasteiger partial charge is 0.248 e. The maximum atomic E-state index is 13.1. The number of fused-ring (bicyclic) bond motifs is 1. The number of hydrogen-bond donors (Lipinski definition) is 0. The third-order valence-corrected chi connectivity index (χ3v) is 4.48. The number of aryl methyl sites for hydroxylation is 1. The first-order valence-electron chi connectivity index (χ1n) is 7.51. The van der Waals surface area contributed by atoms with Gasteiger partial charge in [0.15, 0.2) is 0 Å². The molecule has 3 rings (SSSR count). The van der Waals surface area contributed by atoms with Crippen molar-refractivity contribution in [2.45, 2.75) is 44.9 Å². The maximum absolute atomic E-state index is 13.1. The molecule has 6 nitrogen and oxygen atoms in total. The molecule has 2 atom stereocenters. The summed E-state index contributed by atoms with van der Waals surface area (Å²) in [5.74, 6) is 0.125. The highest BCUT2D eigenvalue weighted by Crippen LogP contribution is 2.27. The molecular formula is C15H23N3O3. The second-order valence-electron chi connectivity index (χ2n) is 6.32. The van der Waals surface area contributed by atoms with Gasteiger partial charge in [0.25, 0.3) is 0 Å². The second kappa shape index (κ2) is 5.42. The fourth-order valence-electron chi connectivity index (χ4n) is 3.13. The second-order valence-corrected chi connectivity index (χ2v) is 6.32. The Morgan fingerprint density at radius 3 is 2.95 bits per heavy atom. The van der Waals surface area contributed by atoms with Crippen molar-refractivity contribution in [1.82, 2.24) is 14.5 Å². The summed E-state index contributed by atoms with van der Waals surface area (Å²) in [4.78, 5) is 19.3. The number of morpholine rings is 1. The summed E-state index contributed by atoms with van der Waals surface area (Å²) in [7, 11) is 0. The van der Waals surface area contributed by atoms with Gasteiger partial charge in [0.1, 0.15) is 11.6 Å². The van der Waals surface area contributed by atoms with Gasteiger partial charge >= 0.3 is 0 Å². The summed E-state index contributed by atoms with van der Waals surface area (Å²) in [6.07, 6.45) is 4.50. The van der Waals surface area contributed by atoms with Gasteiger partial charge in [0.05, 0.1) is 31.3 Å². The van der Waals surface area contributed by atoms with Gasteiger partial charge in [-0.25, -0.2) is 4.98 Å².